The molecular weight excluding hydrogens is 542 g/mol. The summed E-state index contributed by atoms with van der Waals surface area (Å²) in [5, 5.41) is 1.75. The van der Waals surface area contributed by atoms with E-state index < -0.39 is 12.0 Å². The minimum absolute atomic E-state index is 0.193. The number of hydrogen-bond acceptors (Lipinski definition) is 5. The molecule has 1 aliphatic heterocycles. The molecule has 3 aromatic carbocycles. The zero-order valence-corrected chi connectivity index (χ0v) is 23.6. The number of halogens is 1. The number of aromatic nitrogens is 2. The molecule has 200 valence electrons. The van der Waals surface area contributed by atoms with Crippen LogP contribution in [0.25, 0.3) is 17.0 Å². The van der Waals surface area contributed by atoms with Gasteiger partial charge in [0.2, 0.25) is 0 Å². The average molecular weight is 568 g/mol. The number of para-hydroxylation sites is 1. The van der Waals surface area contributed by atoms with E-state index in [-0.39, 0.29) is 12.2 Å². The zero-order valence-electron chi connectivity index (χ0n) is 22.0. The number of carbonyl (C=O) groups is 1. The summed E-state index contributed by atoms with van der Waals surface area (Å²) in [6.45, 7) is 4.47. The maximum absolute atomic E-state index is 14.0. The first-order chi connectivity index (χ1) is 19.4. The molecule has 0 aliphatic carbocycles. The second-order valence-electron chi connectivity index (χ2n) is 9.57. The Morgan fingerprint density at radius 3 is 2.52 bits per heavy atom. The Labute approximate surface area is 239 Å². The monoisotopic (exact) mass is 567 g/mol. The minimum atomic E-state index is -0.620. The summed E-state index contributed by atoms with van der Waals surface area (Å²) in [5.74, 6) is -0.461. The predicted molar refractivity (Wildman–Crippen MR) is 159 cm³/mol. The van der Waals surface area contributed by atoms with Crippen LogP contribution in [-0.2, 0) is 16.1 Å². The summed E-state index contributed by atoms with van der Waals surface area (Å²) in [6.07, 6.45) is 4.00. The van der Waals surface area contributed by atoms with Crippen molar-refractivity contribution in [3.05, 3.63) is 138 Å². The van der Waals surface area contributed by atoms with Crippen LogP contribution in [0.4, 0.5) is 0 Å². The van der Waals surface area contributed by atoms with E-state index in [0.717, 1.165) is 27.6 Å². The molecule has 0 spiro atoms. The molecule has 0 bridgehead atoms. The van der Waals surface area contributed by atoms with E-state index in [4.69, 9.17) is 16.3 Å². The topological polar surface area (TPSA) is 65.6 Å². The number of benzene rings is 3. The van der Waals surface area contributed by atoms with Crippen LogP contribution < -0.4 is 14.9 Å². The molecule has 0 unspecified atom stereocenters. The van der Waals surface area contributed by atoms with Gasteiger partial charge in [-0.3, -0.25) is 9.36 Å². The SMILES string of the molecule is CCOC(=O)C1=C(C)N=c2s/c(=C/c3cn(Cc4ccc(Cl)cc4)c4ccccc34)c(=O)n2[C@H]1c1ccccc1. The van der Waals surface area contributed by atoms with Crippen molar-refractivity contribution >= 4 is 45.9 Å². The van der Waals surface area contributed by atoms with Crippen molar-refractivity contribution in [2.75, 3.05) is 6.61 Å². The van der Waals surface area contributed by atoms with Gasteiger partial charge in [0.15, 0.2) is 4.80 Å². The molecule has 0 N–H and O–H groups in total. The molecule has 0 amide bonds. The molecule has 0 saturated heterocycles. The summed E-state index contributed by atoms with van der Waals surface area (Å²) in [6, 6.07) is 24.9. The lowest BCUT2D eigenvalue weighted by Gasteiger charge is -2.24. The van der Waals surface area contributed by atoms with E-state index in [1.54, 1.807) is 18.4 Å². The molecule has 2 aromatic heterocycles. The quantitative estimate of drug-likeness (QED) is 0.256. The highest BCUT2D eigenvalue weighted by Gasteiger charge is 2.33. The highest BCUT2D eigenvalue weighted by Crippen LogP contribution is 2.30. The van der Waals surface area contributed by atoms with Crippen LogP contribution in [0, 0.1) is 0 Å². The largest absolute Gasteiger partial charge is 0.463 e. The molecule has 0 fully saturated rings. The van der Waals surface area contributed by atoms with Crippen LogP contribution in [0.5, 0.6) is 0 Å². The maximum Gasteiger partial charge on any atom is 0.338 e. The number of fused-ring (bicyclic) bond motifs is 2. The number of ether oxygens (including phenoxy) is 1. The maximum atomic E-state index is 14.0. The number of nitrogens with zero attached hydrogens (tertiary/aromatic N) is 3. The molecule has 6 rings (SSSR count). The molecule has 1 atom stereocenters. The Hall–Kier alpha value is -4.20. The standard InChI is InChI=1S/C32H26ClN3O3S/c1-3-39-31(38)28-20(2)34-32-36(29(28)22-9-5-4-6-10-22)30(37)27(40-32)17-23-19-35(26-12-8-7-11-25(23)26)18-21-13-15-24(33)16-14-21/h4-17,19,29H,3,18H2,1-2H3/b27-17+/t29-/m0/s1. The van der Waals surface area contributed by atoms with Gasteiger partial charge in [-0.25, -0.2) is 9.79 Å². The first-order valence-corrected chi connectivity index (χ1v) is 14.2. The van der Waals surface area contributed by atoms with Crippen molar-refractivity contribution in [3.63, 3.8) is 0 Å². The number of allylic oxidation sites excluding steroid dienone is 1. The third-order valence-corrected chi connectivity index (χ3v) is 8.24. The van der Waals surface area contributed by atoms with Crippen molar-refractivity contribution in [1.29, 1.82) is 0 Å². The van der Waals surface area contributed by atoms with Gasteiger partial charge in [0.25, 0.3) is 5.56 Å². The number of esters is 1. The van der Waals surface area contributed by atoms with Gasteiger partial charge in [-0.1, -0.05) is 83.6 Å². The average Bonchev–Trinajstić information content (AvgIpc) is 3.46. The van der Waals surface area contributed by atoms with Crippen LogP contribution in [0.15, 0.2) is 106 Å². The van der Waals surface area contributed by atoms with Gasteiger partial charge in [0.1, 0.15) is 0 Å². The fourth-order valence-electron chi connectivity index (χ4n) is 5.19. The predicted octanol–water partition coefficient (Wildman–Crippen LogP) is 5.45. The van der Waals surface area contributed by atoms with Gasteiger partial charge < -0.3 is 9.30 Å². The van der Waals surface area contributed by atoms with E-state index >= 15 is 0 Å². The molecule has 40 heavy (non-hydrogen) atoms. The third kappa shape index (κ3) is 4.72. The van der Waals surface area contributed by atoms with Gasteiger partial charge in [0.05, 0.1) is 28.5 Å². The lowest BCUT2D eigenvalue weighted by molar-refractivity contribution is -0.139. The summed E-state index contributed by atoms with van der Waals surface area (Å²) < 4.78 is 9.73. The van der Waals surface area contributed by atoms with E-state index in [2.05, 4.69) is 27.9 Å². The fourth-order valence-corrected chi connectivity index (χ4v) is 6.35. The van der Waals surface area contributed by atoms with Crippen LogP contribution in [0.1, 0.15) is 36.6 Å². The third-order valence-electron chi connectivity index (χ3n) is 7.00. The number of rotatable bonds is 6. The normalized spacial score (nSPS) is 15.3. The smallest absolute Gasteiger partial charge is 0.338 e. The molecule has 1 aliphatic rings. The Morgan fingerprint density at radius 1 is 1.05 bits per heavy atom. The highest BCUT2D eigenvalue weighted by molar-refractivity contribution is 7.07. The molecular formula is C32H26ClN3O3S. The minimum Gasteiger partial charge on any atom is -0.463 e. The lowest BCUT2D eigenvalue weighted by atomic mass is 9.96. The Morgan fingerprint density at radius 2 is 1.77 bits per heavy atom. The second kappa shape index (κ2) is 10.8. The first kappa shape index (κ1) is 26.0. The fraction of sp³-hybridized carbons (Fsp3) is 0.156. The van der Waals surface area contributed by atoms with Gasteiger partial charge in [-0.15, -0.1) is 0 Å². The van der Waals surface area contributed by atoms with Gasteiger partial charge in [-0.05, 0) is 49.2 Å². The number of thiazole rings is 1. The van der Waals surface area contributed by atoms with Crippen LogP contribution in [-0.4, -0.2) is 21.7 Å². The van der Waals surface area contributed by atoms with Crippen molar-refractivity contribution in [3.8, 4) is 0 Å². The Balaban J connectivity index is 1.50. The number of carbonyl (C=O) groups excluding carboxylic acids is 1. The summed E-state index contributed by atoms with van der Waals surface area (Å²) in [7, 11) is 0. The van der Waals surface area contributed by atoms with Crippen molar-refractivity contribution in [2.24, 2.45) is 4.99 Å². The second-order valence-corrected chi connectivity index (χ2v) is 11.0. The molecule has 6 nitrogen and oxygen atoms in total. The Bertz CT molecular complexity index is 1950. The van der Waals surface area contributed by atoms with Crippen molar-refractivity contribution in [1.82, 2.24) is 9.13 Å². The van der Waals surface area contributed by atoms with Gasteiger partial charge >= 0.3 is 5.97 Å². The number of hydrogen-bond donors (Lipinski definition) is 0. The van der Waals surface area contributed by atoms with Crippen LogP contribution >= 0.6 is 22.9 Å². The molecule has 5 aromatic rings. The first-order valence-electron chi connectivity index (χ1n) is 13.0. The van der Waals surface area contributed by atoms with Crippen LogP contribution in [0.2, 0.25) is 5.02 Å². The lowest BCUT2D eigenvalue weighted by Crippen LogP contribution is -2.39. The molecule has 0 saturated carbocycles. The van der Waals surface area contributed by atoms with E-state index in [1.165, 1.54) is 11.3 Å². The summed E-state index contributed by atoms with van der Waals surface area (Å²) in [5.41, 5.74) is 4.70. The van der Waals surface area contributed by atoms with Gasteiger partial charge in [-0.2, -0.15) is 0 Å². The van der Waals surface area contributed by atoms with E-state index in [1.807, 2.05) is 72.8 Å². The molecule has 8 heteroatoms. The van der Waals surface area contributed by atoms with Crippen molar-refractivity contribution < 1.29 is 9.53 Å². The van der Waals surface area contributed by atoms with E-state index in [0.29, 0.717) is 32.2 Å². The van der Waals surface area contributed by atoms with Crippen molar-refractivity contribution in [2.45, 2.75) is 26.4 Å². The van der Waals surface area contributed by atoms with Crippen LogP contribution in [0.3, 0.4) is 0 Å². The molecule has 0 radical (unpaired) electrons. The highest BCUT2D eigenvalue weighted by atomic mass is 35.5. The van der Waals surface area contributed by atoms with Gasteiger partial charge in [0, 0.05) is 34.2 Å². The molecule has 3 heterocycles. The summed E-state index contributed by atoms with van der Waals surface area (Å²) >= 11 is 7.41. The zero-order chi connectivity index (χ0) is 27.8. The summed E-state index contributed by atoms with van der Waals surface area (Å²) in [4.78, 5) is 32.3. The van der Waals surface area contributed by atoms with E-state index in [9.17, 15) is 9.59 Å². The Kier molecular flexibility index (Phi) is 7.00.